The summed E-state index contributed by atoms with van der Waals surface area (Å²) in [6.45, 7) is 0. The minimum absolute atomic E-state index is 0. The van der Waals surface area contributed by atoms with Crippen LogP contribution in [0.3, 0.4) is 0 Å². The zero-order chi connectivity index (χ0) is 17.0. The van der Waals surface area contributed by atoms with Crippen molar-refractivity contribution in [3.63, 3.8) is 0 Å². The third kappa shape index (κ3) is 7.37. The van der Waals surface area contributed by atoms with Crippen LogP contribution >= 0.6 is 0 Å². The van der Waals surface area contributed by atoms with Gasteiger partial charge in [-0.1, -0.05) is 0 Å². The summed E-state index contributed by atoms with van der Waals surface area (Å²) < 4.78 is 71.0. The Morgan fingerprint density at radius 2 is 0.739 bits per heavy atom. The van der Waals surface area contributed by atoms with E-state index in [0.29, 0.717) is 0 Å². The molecular formula is C14H10F6O2Zn. The first-order valence-corrected chi connectivity index (χ1v) is 5.72. The van der Waals surface area contributed by atoms with Crippen LogP contribution in [0.4, 0.5) is 26.3 Å². The zero-order valence-electron chi connectivity index (χ0n) is 11.5. The van der Waals surface area contributed by atoms with E-state index in [0.717, 1.165) is 48.5 Å². The molecule has 0 amide bonds. The molecule has 0 radical (unpaired) electrons. The van der Waals surface area contributed by atoms with E-state index < -0.39 is 23.5 Å². The van der Waals surface area contributed by atoms with Gasteiger partial charge in [0.25, 0.3) is 0 Å². The topological polar surface area (TPSA) is 40.5 Å². The van der Waals surface area contributed by atoms with Gasteiger partial charge in [0.05, 0.1) is 11.1 Å². The summed E-state index contributed by atoms with van der Waals surface area (Å²) in [6.07, 6.45) is -8.65. The van der Waals surface area contributed by atoms with Crippen molar-refractivity contribution >= 4 is 0 Å². The minimum Gasteiger partial charge on any atom is -0.508 e. The monoisotopic (exact) mass is 388 g/mol. The zero-order valence-corrected chi connectivity index (χ0v) is 14.5. The van der Waals surface area contributed by atoms with Crippen molar-refractivity contribution in [2.45, 2.75) is 12.4 Å². The smallest absolute Gasteiger partial charge is 0.416 e. The molecule has 0 heterocycles. The van der Waals surface area contributed by atoms with Crippen molar-refractivity contribution in [1.29, 1.82) is 0 Å². The molecule has 23 heavy (non-hydrogen) atoms. The maximum atomic E-state index is 11.8. The molecule has 0 aliphatic rings. The van der Waals surface area contributed by atoms with Gasteiger partial charge in [-0.05, 0) is 48.5 Å². The molecule has 0 unspecified atom stereocenters. The number of hydrogen-bond donors (Lipinski definition) is 2. The summed E-state index contributed by atoms with van der Waals surface area (Å²) >= 11 is 0. The second-order valence-electron chi connectivity index (χ2n) is 4.09. The molecule has 0 aliphatic carbocycles. The van der Waals surface area contributed by atoms with E-state index in [1.807, 2.05) is 0 Å². The first kappa shape index (κ1) is 21.2. The SMILES string of the molecule is Oc1ccc(C(F)(F)F)cc1.Oc1ccc(C(F)(F)F)cc1.[Zn]. The largest absolute Gasteiger partial charge is 0.508 e. The third-order valence-corrected chi connectivity index (χ3v) is 2.39. The van der Waals surface area contributed by atoms with Crippen LogP contribution in [-0.2, 0) is 31.8 Å². The molecule has 0 fully saturated rings. The Morgan fingerprint density at radius 1 is 0.522 bits per heavy atom. The molecule has 0 aliphatic heterocycles. The molecule has 2 N–H and O–H groups in total. The van der Waals surface area contributed by atoms with Crippen molar-refractivity contribution in [2.24, 2.45) is 0 Å². The molecule has 2 nitrogen and oxygen atoms in total. The minimum atomic E-state index is -4.33. The average molecular weight is 390 g/mol. The summed E-state index contributed by atoms with van der Waals surface area (Å²) in [4.78, 5) is 0. The van der Waals surface area contributed by atoms with E-state index >= 15 is 0 Å². The van der Waals surface area contributed by atoms with Gasteiger partial charge in [0.15, 0.2) is 0 Å². The van der Waals surface area contributed by atoms with Crippen LogP contribution in [0.15, 0.2) is 48.5 Å². The number of phenols is 2. The van der Waals surface area contributed by atoms with Crippen LogP contribution in [0.2, 0.25) is 0 Å². The molecule has 0 saturated heterocycles. The molecule has 0 atom stereocenters. The fourth-order valence-electron chi connectivity index (χ4n) is 1.30. The van der Waals surface area contributed by atoms with E-state index in [1.165, 1.54) is 0 Å². The molecule has 122 valence electrons. The second kappa shape index (κ2) is 8.20. The van der Waals surface area contributed by atoms with E-state index in [1.54, 1.807) is 0 Å². The predicted molar refractivity (Wildman–Crippen MR) is 66.2 cm³/mol. The molecule has 0 bridgehead atoms. The number of aromatic hydroxyl groups is 2. The number of halogens is 6. The van der Waals surface area contributed by atoms with Crippen molar-refractivity contribution in [1.82, 2.24) is 0 Å². The maximum Gasteiger partial charge on any atom is 0.416 e. The number of benzene rings is 2. The molecule has 0 aromatic heterocycles. The van der Waals surface area contributed by atoms with Gasteiger partial charge >= 0.3 is 12.4 Å². The van der Waals surface area contributed by atoms with E-state index in [2.05, 4.69) is 0 Å². The number of rotatable bonds is 0. The predicted octanol–water partition coefficient (Wildman–Crippen LogP) is 4.82. The Bertz CT molecular complexity index is 535. The van der Waals surface area contributed by atoms with E-state index in [-0.39, 0.29) is 31.0 Å². The summed E-state index contributed by atoms with van der Waals surface area (Å²) in [5.74, 6) is -0.337. The van der Waals surface area contributed by atoms with Crippen molar-refractivity contribution in [3.05, 3.63) is 59.7 Å². The molecule has 2 aromatic carbocycles. The number of hydrogen-bond acceptors (Lipinski definition) is 2. The molecular weight excluding hydrogens is 380 g/mol. The first-order valence-electron chi connectivity index (χ1n) is 5.72. The quantitative estimate of drug-likeness (QED) is 0.501. The number of alkyl halides is 6. The Hall–Kier alpha value is -1.76. The van der Waals surface area contributed by atoms with Crippen LogP contribution in [-0.4, -0.2) is 10.2 Å². The van der Waals surface area contributed by atoms with Crippen molar-refractivity contribution in [2.75, 3.05) is 0 Å². The Kier molecular flexibility index (Phi) is 7.57. The van der Waals surface area contributed by atoms with Gasteiger partial charge in [-0.3, -0.25) is 0 Å². The van der Waals surface area contributed by atoms with Crippen molar-refractivity contribution < 1.29 is 56.0 Å². The van der Waals surface area contributed by atoms with Crippen LogP contribution in [0.1, 0.15) is 11.1 Å². The number of phenolic OH excluding ortho intramolecular Hbond substituents is 2. The van der Waals surface area contributed by atoms with Crippen LogP contribution < -0.4 is 0 Å². The molecule has 0 saturated carbocycles. The Labute approximate surface area is 140 Å². The molecule has 2 aromatic rings. The van der Waals surface area contributed by atoms with E-state index in [4.69, 9.17) is 10.2 Å². The normalized spacial score (nSPS) is 11.0. The third-order valence-electron chi connectivity index (χ3n) is 2.39. The van der Waals surface area contributed by atoms with Gasteiger partial charge in [-0.15, -0.1) is 0 Å². The molecule has 0 spiro atoms. The van der Waals surface area contributed by atoms with Gasteiger partial charge in [0.1, 0.15) is 11.5 Å². The van der Waals surface area contributed by atoms with E-state index in [9.17, 15) is 26.3 Å². The summed E-state index contributed by atoms with van der Waals surface area (Å²) in [5.41, 5.74) is -1.51. The van der Waals surface area contributed by atoms with Crippen LogP contribution in [0, 0.1) is 0 Å². The Morgan fingerprint density at radius 3 is 0.913 bits per heavy atom. The van der Waals surface area contributed by atoms with Gasteiger partial charge in [0, 0.05) is 19.5 Å². The Balaban J connectivity index is 0.000000403. The first-order chi connectivity index (χ1) is 10.00. The maximum absolute atomic E-state index is 11.8. The summed E-state index contributed by atoms with van der Waals surface area (Å²) in [5, 5.41) is 17.3. The molecule has 2 rings (SSSR count). The fraction of sp³-hybridized carbons (Fsp3) is 0.143. The summed E-state index contributed by atoms with van der Waals surface area (Å²) in [6, 6.07) is 7.33. The summed E-state index contributed by atoms with van der Waals surface area (Å²) in [7, 11) is 0. The second-order valence-corrected chi connectivity index (χ2v) is 4.09. The van der Waals surface area contributed by atoms with Crippen LogP contribution in [0.25, 0.3) is 0 Å². The van der Waals surface area contributed by atoms with Gasteiger partial charge in [-0.2, -0.15) is 26.3 Å². The van der Waals surface area contributed by atoms with Gasteiger partial charge < -0.3 is 10.2 Å². The van der Waals surface area contributed by atoms with Gasteiger partial charge in [0.2, 0.25) is 0 Å². The molecule has 9 heteroatoms. The average Bonchev–Trinajstić information content (AvgIpc) is 2.38. The fourth-order valence-corrected chi connectivity index (χ4v) is 1.30. The van der Waals surface area contributed by atoms with Crippen molar-refractivity contribution in [3.8, 4) is 11.5 Å². The standard InChI is InChI=1S/2C7H5F3O.Zn/c2*8-7(9,10)5-1-3-6(11)4-2-5;/h2*1-4,11H;. The van der Waals surface area contributed by atoms with Gasteiger partial charge in [-0.25, -0.2) is 0 Å². The van der Waals surface area contributed by atoms with Crippen LogP contribution in [0.5, 0.6) is 11.5 Å².